The first-order chi connectivity index (χ1) is 10.5. The molecule has 0 bridgehead atoms. The highest BCUT2D eigenvalue weighted by molar-refractivity contribution is 9.10. The van der Waals surface area contributed by atoms with E-state index in [4.69, 9.17) is 9.84 Å². The number of carbonyl (C=O) groups is 2. The highest BCUT2D eigenvalue weighted by Gasteiger charge is 2.46. The van der Waals surface area contributed by atoms with Crippen molar-refractivity contribution in [3.8, 4) is 0 Å². The summed E-state index contributed by atoms with van der Waals surface area (Å²) in [6, 6.07) is 8.09. The Hall–Kier alpha value is -1.40. The van der Waals surface area contributed by atoms with Crippen LogP contribution in [0.15, 0.2) is 28.7 Å². The lowest BCUT2D eigenvalue weighted by atomic mass is 10.1. The van der Waals surface area contributed by atoms with E-state index in [1.807, 2.05) is 12.1 Å². The minimum atomic E-state index is -0.890. The van der Waals surface area contributed by atoms with Gasteiger partial charge in [-0.15, -0.1) is 0 Å². The van der Waals surface area contributed by atoms with Crippen molar-refractivity contribution in [1.29, 1.82) is 0 Å². The number of aliphatic carboxylic acids is 1. The Kier molecular flexibility index (Phi) is 4.49. The lowest BCUT2D eigenvalue weighted by molar-refractivity contribution is -0.148. The molecule has 1 aromatic carbocycles. The molecule has 1 aliphatic heterocycles. The maximum Gasteiger partial charge on any atom is 0.306 e. The largest absolute Gasteiger partial charge is 0.481 e. The smallest absolute Gasteiger partial charge is 0.306 e. The zero-order valence-electron chi connectivity index (χ0n) is 12.1. The molecule has 2 fully saturated rings. The Morgan fingerprint density at radius 2 is 2.05 bits per heavy atom. The molecule has 2 aliphatic rings. The quantitative estimate of drug-likeness (QED) is 0.886. The highest BCUT2D eigenvalue weighted by Crippen LogP contribution is 2.48. The molecule has 1 N–H and O–H groups in total. The van der Waals surface area contributed by atoms with Gasteiger partial charge in [-0.2, -0.15) is 0 Å². The van der Waals surface area contributed by atoms with E-state index in [-0.39, 0.29) is 24.3 Å². The number of amides is 1. The van der Waals surface area contributed by atoms with E-state index >= 15 is 0 Å². The van der Waals surface area contributed by atoms with Crippen molar-refractivity contribution in [1.82, 2.24) is 4.90 Å². The summed E-state index contributed by atoms with van der Waals surface area (Å²) in [5, 5.41) is 8.84. The fourth-order valence-electron chi connectivity index (χ4n) is 3.02. The van der Waals surface area contributed by atoms with Crippen LogP contribution in [-0.2, 0) is 14.3 Å². The highest BCUT2D eigenvalue weighted by atomic mass is 79.9. The summed E-state index contributed by atoms with van der Waals surface area (Å²) in [5.41, 5.74) is 1.19. The molecular weight excluding hydrogens is 350 g/mol. The molecule has 1 saturated heterocycles. The summed E-state index contributed by atoms with van der Waals surface area (Å²) >= 11 is 3.41. The van der Waals surface area contributed by atoms with Crippen molar-refractivity contribution in [3.63, 3.8) is 0 Å². The number of morpholine rings is 1. The second-order valence-corrected chi connectivity index (χ2v) is 6.79. The van der Waals surface area contributed by atoms with Crippen LogP contribution >= 0.6 is 15.9 Å². The Balaban J connectivity index is 1.58. The zero-order chi connectivity index (χ0) is 15.7. The number of carboxylic acid groups (broad SMARTS) is 1. The van der Waals surface area contributed by atoms with Gasteiger partial charge in [0.2, 0.25) is 5.91 Å². The SMILES string of the molecule is O=C(O)CC1CN(C(=O)C2CC2c2ccc(Br)cc2)CCO1. The van der Waals surface area contributed by atoms with Crippen molar-refractivity contribution in [2.24, 2.45) is 5.92 Å². The molecule has 1 saturated carbocycles. The van der Waals surface area contributed by atoms with Crippen LogP contribution in [0, 0.1) is 5.92 Å². The van der Waals surface area contributed by atoms with Crippen molar-refractivity contribution in [2.75, 3.05) is 19.7 Å². The molecule has 1 aromatic rings. The van der Waals surface area contributed by atoms with E-state index in [1.54, 1.807) is 4.90 Å². The average Bonchev–Trinajstić information content (AvgIpc) is 3.27. The van der Waals surface area contributed by atoms with Crippen LogP contribution in [0.1, 0.15) is 24.3 Å². The molecule has 1 aliphatic carbocycles. The molecular formula is C16H18BrNO4. The van der Waals surface area contributed by atoms with E-state index in [0.29, 0.717) is 25.6 Å². The van der Waals surface area contributed by atoms with E-state index in [1.165, 1.54) is 5.56 Å². The number of carboxylic acids is 1. The lowest BCUT2D eigenvalue weighted by Crippen LogP contribution is -2.47. The zero-order valence-corrected chi connectivity index (χ0v) is 13.7. The van der Waals surface area contributed by atoms with Gasteiger partial charge in [0.25, 0.3) is 0 Å². The molecule has 0 spiro atoms. The maximum atomic E-state index is 12.6. The van der Waals surface area contributed by atoms with E-state index < -0.39 is 5.97 Å². The minimum Gasteiger partial charge on any atom is -0.481 e. The van der Waals surface area contributed by atoms with Gasteiger partial charge in [-0.25, -0.2) is 0 Å². The van der Waals surface area contributed by atoms with Gasteiger partial charge in [0.05, 0.1) is 19.1 Å². The summed E-state index contributed by atoms with van der Waals surface area (Å²) in [7, 11) is 0. The van der Waals surface area contributed by atoms with Gasteiger partial charge in [0.1, 0.15) is 0 Å². The first kappa shape index (κ1) is 15.5. The molecule has 3 unspecified atom stereocenters. The van der Waals surface area contributed by atoms with Crippen molar-refractivity contribution >= 4 is 27.8 Å². The summed E-state index contributed by atoms with van der Waals surface area (Å²) in [5.74, 6) is -0.434. The summed E-state index contributed by atoms with van der Waals surface area (Å²) in [4.78, 5) is 25.1. The standard InChI is InChI=1S/C16H18BrNO4/c17-11-3-1-10(2-4-11)13-8-14(13)16(21)18-5-6-22-12(9-18)7-15(19)20/h1-4,12-14H,5-9H2,(H,19,20). The predicted octanol–water partition coefficient (Wildman–Crippen LogP) is 2.25. The molecule has 3 atom stereocenters. The van der Waals surface area contributed by atoms with Crippen LogP contribution in [0.3, 0.4) is 0 Å². The van der Waals surface area contributed by atoms with Crippen molar-refractivity contribution in [3.05, 3.63) is 34.3 Å². The van der Waals surface area contributed by atoms with Gasteiger partial charge < -0.3 is 14.7 Å². The number of hydrogen-bond donors (Lipinski definition) is 1. The molecule has 118 valence electrons. The van der Waals surface area contributed by atoms with Crippen molar-refractivity contribution in [2.45, 2.75) is 24.9 Å². The molecule has 6 heteroatoms. The minimum absolute atomic E-state index is 0.0322. The predicted molar refractivity (Wildman–Crippen MR) is 83.6 cm³/mol. The van der Waals surface area contributed by atoms with Crippen LogP contribution in [0.5, 0.6) is 0 Å². The molecule has 1 heterocycles. The number of ether oxygens (including phenoxy) is 1. The molecule has 0 radical (unpaired) electrons. The molecule has 1 amide bonds. The van der Waals surface area contributed by atoms with E-state index in [0.717, 1.165) is 10.9 Å². The molecule has 3 rings (SSSR count). The summed E-state index contributed by atoms with van der Waals surface area (Å²) in [6.45, 7) is 1.35. The number of carbonyl (C=O) groups excluding carboxylic acids is 1. The lowest BCUT2D eigenvalue weighted by Gasteiger charge is -2.32. The van der Waals surface area contributed by atoms with Gasteiger partial charge in [-0.3, -0.25) is 9.59 Å². The van der Waals surface area contributed by atoms with Crippen LogP contribution < -0.4 is 0 Å². The molecule has 5 nitrogen and oxygen atoms in total. The monoisotopic (exact) mass is 367 g/mol. The number of hydrogen-bond acceptors (Lipinski definition) is 3. The topological polar surface area (TPSA) is 66.8 Å². The fraction of sp³-hybridized carbons (Fsp3) is 0.500. The van der Waals surface area contributed by atoms with Gasteiger partial charge in [0, 0.05) is 23.5 Å². The van der Waals surface area contributed by atoms with Crippen LogP contribution in [0.4, 0.5) is 0 Å². The third kappa shape index (κ3) is 3.50. The average molecular weight is 368 g/mol. The van der Waals surface area contributed by atoms with Crippen LogP contribution in [-0.4, -0.2) is 47.7 Å². The second-order valence-electron chi connectivity index (χ2n) is 5.88. The van der Waals surface area contributed by atoms with Gasteiger partial charge in [-0.05, 0) is 30.0 Å². The fourth-order valence-corrected chi connectivity index (χ4v) is 3.28. The van der Waals surface area contributed by atoms with Crippen LogP contribution in [0.25, 0.3) is 0 Å². The number of rotatable bonds is 4. The Bertz CT molecular complexity index is 574. The normalized spacial score (nSPS) is 27.5. The Morgan fingerprint density at radius 3 is 2.73 bits per heavy atom. The number of benzene rings is 1. The Morgan fingerprint density at radius 1 is 1.32 bits per heavy atom. The summed E-state index contributed by atoms with van der Waals surface area (Å²) < 4.78 is 6.45. The Labute approximate surface area is 137 Å². The number of nitrogens with zero attached hydrogens (tertiary/aromatic N) is 1. The summed E-state index contributed by atoms with van der Waals surface area (Å²) in [6.07, 6.45) is 0.437. The van der Waals surface area contributed by atoms with Gasteiger partial charge in [0.15, 0.2) is 0 Å². The van der Waals surface area contributed by atoms with Gasteiger partial charge >= 0.3 is 5.97 Å². The van der Waals surface area contributed by atoms with E-state index in [9.17, 15) is 9.59 Å². The first-order valence-electron chi connectivity index (χ1n) is 7.42. The van der Waals surface area contributed by atoms with Gasteiger partial charge in [-0.1, -0.05) is 28.1 Å². The second kappa shape index (κ2) is 6.38. The first-order valence-corrected chi connectivity index (χ1v) is 8.21. The molecule has 22 heavy (non-hydrogen) atoms. The van der Waals surface area contributed by atoms with Crippen molar-refractivity contribution < 1.29 is 19.4 Å². The molecule has 0 aromatic heterocycles. The van der Waals surface area contributed by atoms with E-state index in [2.05, 4.69) is 28.1 Å². The maximum absolute atomic E-state index is 12.6. The van der Waals surface area contributed by atoms with Crippen LogP contribution in [0.2, 0.25) is 0 Å². The third-order valence-corrected chi connectivity index (χ3v) is 4.79. The third-order valence-electron chi connectivity index (χ3n) is 4.26. The number of halogens is 1.